The van der Waals surface area contributed by atoms with Crippen LogP contribution in [0.4, 0.5) is 5.82 Å². The number of amides is 1. The fraction of sp³-hybridized carbons (Fsp3) is 0.235. The summed E-state index contributed by atoms with van der Waals surface area (Å²) in [6.07, 6.45) is 4.72. The Balaban J connectivity index is 1.59. The number of anilines is 1. The average Bonchev–Trinajstić information content (AvgIpc) is 2.99. The van der Waals surface area contributed by atoms with E-state index in [1.165, 1.54) is 0 Å². The van der Waals surface area contributed by atoms with Gasteiger partial charge < -0.3 is 14.3 Å². The van der Waals surface area contributed by atoms with Crippen LogP contribution in [0, 0.1) is 6.92 Å². The van der Waals surface area contributed by atoms with Gasteiger partial charge in [0.2, 0.25) is 11.7 Å². The maximum absolute atomic E-state index is 12.7. The molecule has 1 N–H and O–H groups in total. The first-order chi connectivity index (χ1) is 11.2. The van der Waals surface area contributed by atoms with Crippen molar-refractivity contribution in [2.45, 2.75) is 25.2 Å². The number of carbonyl (C=O) groups is 1. The standard InChI is InChI=1S/C17H15N3O3/c1-11-4-2-8-18-15(11)19-16(21)17(6-7-17)14-10-13(23-20-14)12-5-3-9-22-12/h2-5,8-10H,6-7H2,1H3,(H,18,19,21). The molecule has 3 aromatic heterocycles. The topological polar surface area (TPSA) is 81.2 Å². The number of carbonyl (C=O) groups excluding carboxylic acids is 1. The molecule has 0 unspecified atom stereocenters. The predicted octanol–water partition coefficient (Wildman–Crippen LogP) is 3.31. The fourth-order valence-corrected chi connectivity index (χ4v) is 2.60. The SMILES string of the molecule is Cc1cccnc1NC(=O)C1(c2cc(-c3ccco3)on2)CC1. The first-order valence-electron chi connectivity index (χ1n) is 7.43. The summed E-state index contributed by atoms with van der Waals surface area (Å²) in [5, 5.41) is 6.98. The fourth-order valence-electron chi connectivity index (χ4n) is 2.60. The molecule has 3 aromatic rings. The number of furan rings is 1. The maximum atomic E-state index is 12.7. The Bertz CT molecular complexity index is 848. The van der Waals surface area contributed by atoms with E-state index in [-0.39, 0.29) is 5.91 Å². The lowest BCUT2D eigenvalue weighted by molar-refractivity contribution is -0.118. The number of hydrogen-bond acceptors (Lipinski definition) is 5. The molecule has 0 atom stereocenters. The third kappa shape index (κ3) is 2.32. The number of hydrogen-bond donors (Lipinski definition) is 1. The molecule has 6 heteroatoms. The van der Waals surface area contributed by atoms with Gasteiger partial charge in [-0.1, -0.05) is 11.2 Å². The summed E-state index contributed by atoms with van der Waals surface area (Å²) in [6, 6.07) is 9.09. The summed E-state index contributed by atoms with van der Waals surface area (Å²) >= 11 is 0. The first-order valence-corrected chi connectivity index (χ1v) is 7.43. The molecule has 6 nitrogen and oxygen atoms in total. The molecule has 0 aliphatic heterocycles. The smallest absolute Gasteiger partial charge is 0.237 e. The summed E-state index contributed by atoms with van der Waals surface area (Å²) in [5.41, 5.74) is 0.932. The highest BCUT2D eigenvalue weighted by Crippen LogP contribution is 2.49. The second kappa shape index (κ2) is 5.08. The number of aryl methyl sites for hydroxylation is 1. The molecule has 0 radical (unpaired) electrons. The van der Waals surface area contributed by atoms with Crippen molar-refractivity contribution in [3.8, 4) is 11.5 Å². The van der Waals surface area contributed by atoms with E-state index in [4.69, 9.17) is 8.94 Å². The Morgan fingerprint density at radius 2 is 2.13 bits per heavy atom. The zero-order valence-corrected chi connectivity index (χ0v) is 12.6. The van der Waals surface area contributed by atoms with Crippen LogP contribution in [0.1, 0.15) is 24.1 Å². The van der Waals surface area contributed by atoms with Crippen LogP contribution in [-0.4, -0.2) is 16.0 Å². The molecule has 1 aliphatic carbocycles. The molecular formula is C17H15N3O3. The van der Waals surface area contributed by atoms with Crippen LogP contribution >= 0.6 is 0 Å². The van der Waals surface area contributed by atoms with Gasteiger partial charge in [-0.2, -0.15) is 0 Å². The summed E-state index contributed by atoms with van der Waals surface area (Å²) in [4.78, 5) is 16.9. The van der Waals surface area contributed by atoms with Crippen LogP contribution in [0.2, 0.25) is 0 Å². The zero-order valence-electron chi connectivity index (χ0n) is 12.6. The third-order valence-electron chi connectivity index (χ3n) is 4.19. The molecule has 116 valence electrons. The highest BCUT2D eigenvalue weighted by molar-refractivity contribution is 6.01. The van der Waals surface area contributed by atoms with Gasteiger partial charge in [-0.05, 0) is 43.5 Å². The molecule has 1 fully saturated rings. The number of nitrogens with zero attached hydrogens (tertiary/aromatic N) is 2. The molecular weight excluding hydrogens is 294 g/mol. The Labute approximate surface area is 132 Å². The Morgan fingerprint density at radius 1 is 1.26 bits per heavy atom. The highest BCUT2D eigenvalue weighted by atomic mass is 16.5. The van der Waals surface area contributed by atoms with E-state index in [1.54, 1.807) is 30.7 Å². The molecule has 1 amide bonds. The molecule has 1 saturated carbocycles. The normalized spacial score (nSPS) is 15.3. The minimum absolute atomic E-state index is 0.0985. The van der Waals surface area contributed by atoms with Crippen LogP contribution in [0.15, 0.2) is 51.7 Å². The van der Waals surface area contributed by atoms with Crippen LogP contribution in [-0.2, 0) is 10.2 Å². The second-order valence-electron chi connectivity index (χ2n) is 5.76. The molecule has 1 aliphatic rings. The summed E-state index contributed by atoms with van der Waals surface area (Å²) in [5.74, 6) is 1.61. The van der Waals surface area contributed by atoms with Crippen molar-refractivity contribution >= 4 is 11.7 Å². The van der Waals surface area contributed by atoms with E-state index in [0.29, 0.717) is 23.0 Å². The Morgan fingerprint density at radius 3 is 2.83 bits per heavy atom. The van der Waals surface area contributed by atoms with Gasteiger partial charge in [0, 0.05) is 12.3 Å². The van der Waals surface area contributed by atoms with Gasteiger partial charge in [-0.15, -0.1) is 0 Å². The minimum atomic E-state index is -0.627. The van der Waals surface area contributed by atoms with Gasteiger partial charge in [0.05, 0.1) is 17.4 Å². The van der Waals surface area contributed by atoms with Crippen molar-refractivity contribution in [1.82, 2.24) is 10.1 Å². The Kier molecular flexibility index (Phi) is 3.04. The predicted molar refractivity (Wildman–Crippen MR) is 82.7 cm³/mol. The lowest BCUT2D eigenvalue weighted by Gasteiger charge is -2.13. The van der Waals surface area contributed by atoms with Gasteiger partial charge in [-0.25, -0.2) is 4.98 Å². The molecule has 0 aromatic carbocycles. The average molecular weight is 309 g/mol. The van der Waals surface area contributed by atoms with Crippen molar-refractivity contribution in [3.05, 3.63) is 54.0 Å². The molecule has 23 heavy (non-hydrogen) atoms. The minimum Gasteiger partial charge on any atom is -0.461 e. The van der Waals surface area contributed by atoms with E-state index in [2.05, 4.69) is 15.5 Å². The van der Waals surface area contributed by atoms with Crippen molar-refractivity contribution in [2.75, 3.05) is 5.32 Å². The van der Waals surface area contributed by atoms with Crippen molar-refractivity contribution in [1.29, 1.82) is 0 Å². The van der Waals surface area contributed by atoms with E-state index in [1.807, 2.05) is 19.1 Å². The van der Waals surface area contributed by atoms with Crippen LogP contribution in [0.5, 0.6) is 0 Å². The summed E-state index contributed by atoms with van der Waals surface area (Å²) in [7, 11) is 0. The molecule has 0 spiro atoms. The molecule has 0 saturated heterocycles. The number of pyridine rings is 1. The van der Waals surface area contributed by atoms with E-state index >= 15 is 0 Å². The monoisotopic (exact) mass is 309 g/mol. The molecule has 0 bridgehead atoms. The van der Waals surface area contributed by atoms with E-state index < -0.39 is 5.41 Å². The van der Waals surface area contributed by atoms with Crippen LogP contribution in [0.25, 0.3) is 11.5 Å². The van der Waals surface area contributed by atoms with Gasteiger partial charge >= 0.3 is 0 Å². The second-order valence-corrected chi connectivity index (χ2v) is 5.76. The quantitative estimate of drug-likeness (QED) is 0.799. The third-order valence-corrected chi connectivity index (χ3v) is 4.19. The first kappa shape index (κ1) is 13.8. The van der Waals surface area contributed by atoms with E-state index in [0.717, 1.165) is 18.4 Å². The highest BCUT2D eigenvalue weighted by Gasteiger charge is 2.54. The lowest BCUT2D eigenvalue weighted by Crippen LogP contribution is -2.28. The van der Waals surface area contributed by atoms with Gasteiger partial charge in [0.1, 0.15) is 5.82 Å². The summed E-state index contributed by atoms with van der Waals surface area (Å²) in [6.45, 7) is 1.91. The molecule has 4 rings (SSSR count). The van der Waals surface area contributed by atoms with Crippen molar-refractivity contribution < 1.29 is 13.7 Å². The van der Waals surface area contributed by atoms with Crippen molar-refractivity contribution in [2.24, 2.45) is 0 Å². The lowest BCUT2D eigenvalue weighted by atomic mass is 10.0. The number of aromatic nitrogens is 2. The van der Waals surface area contributed by atoms with Crippen LogP contribution < -0.4 is 5.32 Å². The Hall–Kier alpha value is -2.89. The van der Waals surface area contributed by atoms with Gasteiger partial charge in [0.25, 0.3) is 0 Å². The van der Waals surface area contributed by atoms with Crippen LogP contribution in [0.3, 0.4) is 0 Å². The molecule has 3 heterocycles. The van der Waals surface area contributed by atoms with Gasteiger partial charge in [0.15, 0.2) is 5.76 Å². The van der Waals surface area contributed by atoms with E-state index in [9.17, 15) is 4.79 Å². The van der Waals surface area contributed by atoms with Gasteiger partial charge in [-0.3, -0.25) is 4.79 Å². The number of nitrogens with one attached hydrogen (secondary N) is 1. The van der Waals surface area contributed by atoms with Crippen molar-refractivity contribution in [3.63, 3.8) is 0 Å². The maximum Gasteiger partial charge on any atom is 0.237 e. The largest absolute Gasteiger partial charge is 0.461 e. The zero-order chi connectivity index (χ0) is 15.9. The summed E-state index contributed by atoms with van der Waals surface area (Å²) < 4.78 is 10.6. The number of rotatable bonds is 4.